The molecule has 11 aromatic rings. The Labute approximate surface area is 303 Å². The SMILES string of the molecule is c1cc(-c2ccc3sc4ccccc4c3c2)cc(-c2ccc3ccc4ccc(-c5ccc(-n6c7ccccc7c7ccccc76)cc5)nc4c3n2)c1. The molecular weight excluding hydrogens is 651 g/mol. The lowest BCUT2D eigenvalue weighted by atomic mass is 9.99. The van der Waals surface area contributed by atoms with Crippen LogP contribution < -0.4 is 0 Å². The van der Waals surface area contributed by atoms with E-state index in [9.17, 15) is 0 Å². The number of aromatic nitrogens is 3. The average molecular weight is 680 g/mol. The van der Waals surface area contributed by atoms with E-state index in [1.54, 1.807) is 0 Å². The molecule has 0 spiro atoms. The third kappa shape index (κ3) is 4.58. The fraction of sp³-hybridized carbons (Fsp3) is 0. The van der Waals surface area contributed by atoms with Gasteiger partial charge in [-0.15, -0.1) is 11.3 Å². The Morgan fingerprint density at radius 3 is 1.62 bits per heavy atom. The Bertz CT molecular complexity index is 3130. The number of benzene rings is 7. The lowest BCUT2D eigenvalue weighted by Gasteiger charge is -2.11. The van der Waals surface area contributed by atoms with E-state index in [1.807, 2.05) is 11.3 Å². The predicted octanol–water partition coefficient (Wildman–Crippen LogP) is 13.2. The summed E-state index contributed by atoms with van der Waals surface area (Å²) in [4.78, 5) is 10.5. The van der Waals surface area contributed by atoms with E-state index < -0.39 is 0 Å². The summed E-state index contributed by atoms with van der Waals surface area (Å²) < 4.78 is 4.98. The van der Waals surface area contributed by atoms with Crippen LogP contribution in [0.25, 0.3) is 103 Å². The van der Waals surface area contributed by atoms with Gasteiger partial charge in [-0.1, -0.05) is 115 Å². The van der Waals surface area contributed by atoms with Crippen molar-refractivity contribution in [2.75, 3.05) is 0 Å². The summed E-state index contributed by atoms with van der Waals surface area (Å²) in [6.07, 6.45) is 0. The van der Waals surface area contributed by atoms with Crippen LogP contribution in [0.5, 0.6) is 0 Å². The number of fused-ring (bicyclic) bond motifs is 9. The Hall–Kier alpha value is -6.62. The zero-order valence-corrected chi connectivity index (χ0v) is 28.8. The van der Waals surface area contributed by atoms with Gasteiger partial charge in [-0.25, -0.2) is 9.97 Å². The molecule has 0 amide bonds. The molecule has 0 radical (unpaired) electrons. The van der Waals surface area contributed by atoms with Crippen molar-refractivity contribution in [1.29, 1.82) is 0 Å². The highest BCUT2D eigenvalue weighted by Crippen LogP contribution is 2.38. The van der Waals surface area contributed by atoms with Gasteiger partial charge in [0.05, 0.1) is 33.5 Å². The van der Waals surface area contributed by atoms with E-state index in [0.29, 0.717) is 0 Å². The molecule has 52 heavy (non-hydrogen) atoms. The summed E-state index contributed by atoms with van der Waals surface area (Å²) in [6.45, 7) is 0. The fourth-order valence-corrected chi connectivity index (χ4v) is 8.92. The minimum atomic E-state index is 0.911. The molecule has 0 atom stereocenters. The van der Waals surface area contributed by atoms with Crippen LogP contribution in [-0.4, -0.2) is 14.5 Å². The summed E-state index contributed by atoms with van der Waals surface area (Å²) >= 11 is 1.85. The molecule has 0 saturated heterocycles. The van der Waals surface area contributed by atoms with Crippen molar-refractivity contribution in [3.8, 4) is 39.3 Å². The number of pyridine rings is 2. The first-order valence-corrected chi connectivity index (χ1v) is 18.4. The standard InChI is InChI=1S/C48H29N3S/c1-4-13-43-37(10-1)38-11-2-5-14-44(38)51(43)36-23-18-30(19-24-36)41-25-20-31-16-17-32-21-26-42(50-48(32)47(31)49-41)35-9-7-8-33(28-35)34-22-27-46-40(29-34)39-12-3-6-15-45(39)52-46/h1-29H. The molecule has 0 fully saturated rings. The molecule has 4 heterocycles. The summed E-state index contributed by atoms with van der Waals surface area (Å²) in [7, 11) is 0. The minimum Gasteiger partial charge on any atom is -0.309 e. The van der Waals surface area contributed by atoms with E-state index >= 15 is 0 Å². The summed E-state index contributed by atoms with van der Waals surface area (Å²) in [5.41, 5.74) is 11.8. The average Bonchev–Trinajstić information content (AvgIpc) is 3.76. The van der Waals surface area contributed by atoms with Crippen molar-refractivity contribution >= 4 is 75.1 Å². The number of nitrogens with zero attached hydrogens (tertiary/aromatic N) is 3. The minimum absolute atomic E-state index is 0.911. The molecule has 0 N–H and O–H groups in total. The topological polar surface area (TPSA) is 30.7 Å². The van der Waals surface area contributed by atoms with E-state index in [0.717, 1.165) is 50.0 Å². The van der Waals surface area contributed by atoms with Crippen LogP contribution in [0.2, 0.25) is 0 Å². The molecule has 242 valence electrons. The third-order valence-electron chi connectivity index (χ3n) is 10.4. The maximum absolute atomic E-state index is 5.27. The summed E-state index contributed by atoms with van der Waals surface area (Å²) in [5, 5.41) is 7.30. The van der Waals surface area contributed by atoms with Gasteiger partial charge in [-0.2, -0.15) is 0 Å². The van der Waals surface area contributed by atoms with E-state index in [1.165, 1.54) is 53.1 Å². The first kappa shape index (κ1) is 29.1. The second kappa shape index (κ2) is 11.5. The maximum Gasteiger partial charge on any atom is 0.0972 e. The number of thiophene rings is 1. The number of hydrogen-bond donors (Lipinski definition) is 0. The molecule has 0 aliphatic carbocycles. The van der Waals surface area contributed by atoms with E-state index in [-0.39, 0.29) is 0 Å². The molecule has 0 bridgehead atoms. The number of rotatable bonds is 4. The van der Waals surface area contributed by atoms with E-state index in [4.69, 9.17) is 9.97 Å². The van der Waals surface area contributed by atoms with Gasteiger partial charge in [0.2, 0.25) is 0 Å². The highest BCUT2D eigenvalue weighted by molar-refractivity contribution is 7.25. The predicted molar refractivity (Wildman–Crippen MR) is 221 cm³/mol. The molecule has 3 nitrogen and oxygen atoms in total. The molecular formula is C48H29N3S. The Morgan fingerprint density at radius 1 is 0.365 bits per heavy atom. The highest BCUT2D eigenvalue weighted by atomic mass is 32.1. The smallest absolute Gasteiger partial charge is 0.0972 e. The van der Waals surface area contributed by atoms with Crippen LogP contribution in [0.4, 0.5) is 0 Å². The van der Waals surface area contributed by atoms with Crippen molar-refractivity contribution in [2.45, 2.75) is 0 Å². The summed E-state index contributed by atoms with van der Waals surface area (Å²) in [6, 6.07) is 63.1. The fourth-order valence-electron chi connectivity index (χ4n) is 7.83. The molecule has 0 aliphatic rings. The highest BCUT2D eigenvalue weighted by Gasteiger charge is 2.14. The maximum atomic E-state index is 5.27. The zero-order chi connectivity index (χ0) is 34.2. The van der Waals surface area contributed by atoms with Crippen molar-refractivity contribution in [3.05, 3.63) is 176 Å². The second-order valence-corrected chi connectivity index (χ2v) is 14.5. The number of hydrogen-bond acceptors (Lipinski definition) is 3. The Morgan fingerprint density at radius 2 is 0.904 bits per heavy atom. The monoisotopic (exact) mass is 679 g/mol. The van der Waals surface area contributed by atoms with Gasteiger partial charge in [0.15, 0.2) is 0 Å². The van der Waals surface area contributed by atoms with Crippen LogP contribution in [0.1, 0.15) is 0 Å². The van der Waals surface area contributed by atoms with Crippen molar-refractivity contribution in [2.24, 2.45) is 0 Å². The summed E-state index contributed by atoms with van der Waals surface area (Å²) in [5.74, 6) is 0. The zero-order valence-electron chi connectivity index (χ0n) is 28.0. The lowest BCUT2D eigenvalue weighted by Crippen LogP contribution is -1.94. The van der Waals surface area contributed by atoms with Crippen LogP contribution in [-0.2, 0) is 0 Å². The largest absolute Gasteiger partial charge is 0.309 e. The Balaban J connectivity index is 0.976. The normalized spacial score (nSPS) is 11.8. The molecule has 0 saturated carbocycles. The molecule has 7 aromatic carbocycles. The van der Waals surface area contributed by atoms with Crippen LogP contribution in [0.15, 0.2) is 176 Å². The first-order chi connectivity index (χ1) is 25.7. The van der Waals surface area contributed by atoms with Gasteiger partial charge < -0.3 is 4.57 Å². The Kier molecular flexibility index (Phi) is 6.42. The second-order valence-electron chi connectivity index (χ2n) is 13.4. The van der Waals surface area contributed by atoms with Crippen LogP contribution in [0.3, 0.4) is 0 Å². The molecule has 4 heteroatoms. The molecule has 0 aliphatic heterocycles. The van der Waals surface area contributed by atoms with Crippen LogP contribution in [0, 0.1) is 0 Å². The third-order valence-corrected chi connectivity index (χ3v) is 11.5. The van der Waals surface area contributed by atoms with Gasteiger partial charge in [-0.3, -0.25) is 0 Å². The number of para-hydroxylation sites is 2. The van der Waals surface area contributed by atoms with Gasteiger partial charge in [-0.05, 0) is 71.8 Å². The van der Waals surface area contributed by atoms with E-state index in [2.05, 4.69) is 180 Å². The van der Waals surface area contributed by atoms with Crippen LogP contribution >= 0.6 is 11.3 Å². The quantitative estimate of drug-likeness (QED) is 0.173. The van der Waals surface area contributed by atoms with Crippen molar-refractivity contribution in [3.63, 3.8) is 0 Å². The van der Waals surface area contributed by atoms with Gasteiger partial charge >= 0.3 is 0 Å². The molecule has 4 aromatic heterocycles. The van der Waals surface area contributed by atoms with Crippen molar-refractivity contribution < 1.29 is 0 Å². The molecule has 11 rings (SSSR count). The van der Waals surface area contributed by atoms with Gasteiger partial charge in [0.25, 0.3) is 0 Å². The van der Waals surface area contributed by atoms with Crippen molar-refractivity contribution in [1.82, 2.24) is 14.5 Å². The van der Waals surface area contributed by atoms with Gasteiger partial charge in [0, 0.05) is 58.5 Å². The lowest BCUT2D eigenvalue weighted by molar-refractivity contribution is 1.18. The van der Waals surface area contributed by atoms with Gasteiger partial charge in [0.1, 0.15) is 0 Å². The molecule has 0 unspecified atom stereocenters. The first-order valence-electron chi connectivity index (χ1n) is 17.6.